The van der Waals surface area contributed by atoms with Crippen molar-refractivity contribution in [3.63, 3.8) is 0 Å². The third kappa shape index (κ3) is 2.98. The molecule has 88 valence electrons. The molecule has 0 heterocycles. The SMILES string of the molecule is CCC(=O)c1cc(CCl)cc(C(F)(F)F)c1. The van der Waals surface area contributed by atoms with Gasteiger partial charge in [0.2, 0.25) is 0 Å². The summed E-state index contributed by atoms with van der Waals surface area (Å²) in [5, 5.41) is 0. The molecule has 0 atom stereocenters. The average Bonchev–Trinajstić information content (AvgIpc) is 2.26. The minimum absolute atomic E-state index is 0.0477. The Morgan fingerprint density at radius 1 is 1.31 bits per heavy atom. The maximum atomic E-state index is 12.5. The van der Waals surface area contributed by atoms with Gasteiger partial charge in [0.25, 0.3) is 0 Å². The molecule has 1 nitrogen and oxygen atoms in total. The van der Waals surface area contributed by atoms with Crippen molar-refractivity contribution in [1.29, 1.82) is 0 Å². The summed E-state index contributed by atoms with van der Waals surface area (Å²) in [4.78, 5) is 11.4. The lowest BCUT2D eigenvalue weighted by Crippen LogP contribution is -2.08. The summed E-state index contributed by atoms with van der Waals surface area (Å²) in [5.41, 5.74) is -0.469. The van der Waals surface area contributed by atoms with Crippen LogP contribution < -0.4 is 0 Å². The third-order valence-electron chi connectivity index (χ3n) is 2.12. The highest BCUT2D eigenvalue weighted by Gasteiger charge is 2.31. The Bertz CT molecular complexity index is 399. The first-order chi connectivity index (χ1) is 7.38. The van der Waals surface area contributed by atoms with Crippen LogP contribution in [-0.4, -0.2) is 5.78 Å². The van der Waals surface area contributed by atoms with Crippen LogP contribution in [0.2, 0.25) is 0 Å². The summed E-state index contributed by atoms with van der Waals surface area (Å²) < 4.78 is 37.5. The van der Waals surface area contributed by atoms with Crippen LogP contribution in [0.1, 0.15) is 34.8 Å². The Morgan fingerprint density at radius 3 is 2.38 bits per heavy atom. The first-order valence-corrected chi connectivity index (χ1v) is 5.22. The van der Waals surface area contributed by atoms with Gasteiger partial charge in [-0.2, -0.15) is 13.2 Å². The zero-order valence-electron chi connectivity index (χ0n) is 8.57. The molecule has 0 aromatic heterocycles. The molecule has 0 bridgehead atoms. The monoisotopic (exact) mass is 250 g/mol. The highest BCUT2D eigenvalue weighted by molar-refractivity contribution is 6.17. The van der Waals surface area contributed by atoms with Gasteiger partial charge >= 0.3 is 6.18 Å². The van der Waals surface area contributed by atoms with Crippen molar-refractivity contribution in [3.05, 3.63) is 34.9 Å². The molecule has 0 spiro atoms. The number of carbonyl (C=O) groups excluding carboxylic acids is 1. The number of benzene rings is 1. The molecule has 0 saturated heterocycles. The van der Waals surface area contributed by atoms with E-state index in [4.69, 9.17) is 11.6 Å². The number of hydrogen-bond acceptors (Lipinski definition) is 1. The first-order valence-electron chi connectivity index (χ1n) is 4.68. The van der Waals surface area contributed by atoms with Gasteiger partial charge in [-0.15, -0.1) is 11.6 Å². The van der Waals surface area contributed by atoms with E-state index in [9.17, 15) is 18.0 Å². The van der Waals surface area contributed by atoms with E-state index in [-0.39, 0.29) is 23.6 Å². The van der Waals surface area contributed by atoms with Crippen molar-refractivity contribution in [2.24, 2.45) is 0 Å². The fourth-order valence-corrected chi connectivity index (χ4v) is 1.45. The van der Waals surface area contributed by atoms with Gasteiger partial charge in [-0.25, -0.2) is 0 Å². The fraction of sp³-hybridized carbons (Fsp3) is 0.364. The van der Waals surface area contributed by atoms with E-state index in [1.165, 1.54) is 6.07 Å². The van der Waals surface area contributed by atoms with Gasteiger partial charge in [0.15, 0.2) is 5.78 Å². The molecule has 0 fully saturated rings. The topological polar surface area (TPSA) is 17.1 Å². The Hall–Kier alpha value is -1.03. The molecule has 16 heavy (non-hydrogen) atoms. The molecule has 1 rings (SSSR count). The molecule has 0 radical (unpaired) electrons. The zero-order chi connectivity index (χ0) is 12.3. The van der Waals surface area contributed by atoms with Crippen molar-refractivity contribution in [2.75, 3.05) is 0 Å². The lowest BCUT2D eigenvalue weighted by atomic mass is 10.0. The first kappa shape index (κ1) is 13.0. The van der Waals surface area contributed by atoms with E-state index < -0.39 is 11.7 Å². The predicted octanol–water partition coefficient (Wildman–Crippen LogP) is 4.04. The number of Topliss-reactive ketones (excluding diaryl/α,β-unsaturated/α-hetero) is 1. The van der Waals surface area contributed by atoms with Crippen molar-refractivity contribution in [3.8, 4) is 0 Å². The number of rotatable bonds is 3. The van der Waals surface area contributed by atoms with E-state index in [2.05, 4.69) is 0 Å². The summed E-state index contributed by atoms with van der Waals surface area (Å²) in [6, 6.07) is 3.22. The highest BCUT2D eigenvalue weighted by Crippen LogP contribution is 2.31. The van der Waals surface area contributed by atoms with Gasteiger partial charge in [0, 0.05) is 17.9 Å². The number of halogens is 4. The minimum atomic E-state index is -4.45. The minimum Gasteiger partial charge on any atom is -0.294 e. The van der Waals surface area contributed by atoms with Gasteiger partial charge in [0.1, 0.15) is 0 Å². The van der Waals surface area contributed by atoms with Crippen LogP contribution >= 0.6 is 11.6 Å². The molecule has 0 aliphatic rings. The molecule has 0 aliphatic carbocycles. The van der Waals surface area contributed by atoms with Crippen LogP contribution in [0.15, 0.2) is 18.2 Å². The summed E-state index contributed by atoms with van der Waals surface area (Å²) >= 11 is 5.49. The lowest BCUT2D eigenvalue weighted by Gasteiger charge is -2.10. The number of alkyl halides is 4. The molecule has 0 aliphatic heterocycles. The molecule has 5 heteroatoms. The van der Waals surface area contributed by atoms with Crippen LogP contribution in [0.25, 0.3) is 0 Å². The molecular formula is C11H10ClF3O. The second-order valence-corrected chi connectivity index (χ2v) is 3.59. The Morgan fingerprint density at radius 2 is 1.94 bits per heavy atom. The predicted molar refractivity (Wildman–Crippen MR) is 55.6 cm³/mol. The van der Waals surface area contributed by atoms with E-state index in [0.29, 0.717) is 5.56 Å². The van der Waals surface area contributed by atoms with E-state index in [0.717, 1.165) is 12.1 Å². The second-order valence-electron chi connectivity index (χ2n) is 3.33. The van der Waals surface area contributed by atoms with Crippen LogP contribution in [0, 0.1) is 0 Å². The standard InChI is InChI=1S/C11H10ClF3O/c1-2-10(16)8-3-7(6-12)4-9(5-8)11(13,14)15/h3-5H,2,6H2,1H3. The fourth-order valence-electron chi connectivity index (χ4n) is 1.30. The summed E-state index contributed by atoms with van der Waals surface area (Å²) in [6.45, 7) is 1.60. The largest absolute Gasteiger partial charge is 0.416 e. The van der Waals surface area contributed by atoms with E-state index >= 15 is 0 Å². The smallest absolute Gasteiger partial charge is 0.294 e. The third-order valence-corrected chi connectivity index (χ3v) is 2.43. The maximum absolute atomic E-state index is 12.5. The molecule has 0 amide bonds. The van der Waals surface area contributed by atoms with Gasteiger partial charge in [-0.05, 0) is 23.8 Å². The van der Waals surface area contributed by atoms with Crippen LogP contribution in [-0.2, 0) is 12.1 Å². The number of carbonyl (C=O) groups is 1. The van der Waals surface area contributed by atoms with Crippen LogP contribution in [0.3, 0.4) is 0 Å². The average molecular weight is 251 g/mol. The molecule has 0 unspecified atom stereocenters. The van der Waals surface area contributed by atoms with Crippen molar-refractivity contribution >= 4 is 17.4 Å². The Kier molecular flexibility index (Phi) is 3.97. The number of ketones is 1. The van der Waals surface area contributed by atoms with Crippen LogP contribution in [0.4, 0.5) is 13.2 Å². The summed E-state index contributed by atoms with van der Waals surface area (Å²) in [6.07, 6.45) is -4.28. The highest BCUT2D eigenvalue weighted by atomic mass is 35.5. The lowest BCUT2D eigenvalue weighted by molar-refractivity contribution is -0.137. The normalized spacial score (nSPS) is 11.6. The second kappa shape index (κ2) is 4.87. The van der Waals surface area contributed by atoms with Gasteiger partial charge < -0.3 is 0 Å². The molecular weight excluding hydrogens is 241 g/mol. The summed E-state index contributed by atoms with van der Waals surface area (Å²) in [5.74, 6) is -0.369. The van der Waals surface area contributed by atoms with Gasteiger partial charge in [-0.3, -0.25) is 4.79 Å². The van der Waals surface area contributed by atoms with Crippen molar-refractivity contribution in [2.45, 2.75) is 25.4 Å². The summed E-state index contributed by atoms with van der Waals surface area (Å²) in [7, 11) is 0. The van der Waals surface area contributed by atoms with E-state index in [1.807, 2.05) is 0 Å². The van der Waals surface area contributed by atoms with Crippen LogP contribution in [0.5, 0.6) is 0 Å². The molecule has 0 saturated carbocycles. The molecule has 1 aromatic carbocycles. The molecule has 1 aromatic rings. The Labute approximate surface area is 96.2 Å². The van der Waals surface area contributed by atoms with Crippen molar-refractivity contribution < 1.29 is 18.0 Å². The number of hydrogen-bond donors (Lipinski definition) is 0. The van der Waals surface area contributed by atoms with Gasteiger partial charge in [-0.1, -0.05) is 6.92 Å². The molecule has 0 N–H and O–H groups in total. The maximum Gasteiger partial charge on any atom is 0.416 e. The zero-order valence-corrected chi connectivity index (χ0v) is 9.32. The van der Waals surface area contributed by atoms with Gasteiger partial charge in [0.05, 0.1) is 5.56 Å². The quantitative estimate of drug-likeness (QED) is 0.585. The Balaban J connectivity index is 3.27. The van der Waals surface area contributed by atoms with E-state index in [1.54, 1.807) is 6.92 Å². The van der Waals surface area contributed by atoms with Crippen molar-refractivity contribution in [1.82, 2.24) is 0 Å².